The minimum Gasteiger partial charge on any atom is -0.429 e. The summed E-state index contributed by atoms with van der Waals surface area (Å²) >= 11 is 4.95. The van der Waals surface area contributed by atoms with Crippen molar-refractivity contribution in [2.75, 3.05) is 6.61 Å². The van der Waals surface area contributed by atoms with Gasteiger partial charge in [-0.25, -0.2) is 0 Å². The normalized spacial score (nSPS) is 30.0. The molecule has 6 heteroatoms. The van der Waals surface area contributed by atoms with E-state index in [4.69, 9.17) is 16.6 Å². The van der Waals surface area contributed by atoms with Crippen LogP contribution in [0.5, 0.6) is 0 Å². The number of rotatable bonds is 3. The zero-order valence-electron chi connectivity index (χ0n) is 12.0. The Bertz CT molecular complexity index is 781. The lowest BCUT2D eigenvalue weighted by molar-refractivity contribution is 0.0861. The first kappa shape index (κ1) is 14.0. The third kappa shape index (κ3) is 2.18. The van der Waals surface area contributed by atoms with Gasteiger partial charge >= 0.3 is 0 Å². The Morgan fingerprint density at radius 1 is 1.41 bits per heavy atom. The summed E-state index contributed by atoms with van der Waals surface area (Å²) in [7, 11) is 0. The Labute approximate surface area is 132 Å². The van der Waals surface area contributed by atoms with Gasteiger partial charge in [0.2, 0.25) is 0 Å². The molecule has 4 rings (SSSR count). The van der Waals surface area contributed by atoms with Crippen molar-refractivity contribution >= 4 is 29.2 Å². The largest absolute Gasteiger partial charge is 0.429 e. The second-order valence-electron chi connectivity index (χ2n) is 6.40. The molecule has 0 radical (unpaired) electrons. The molecular formula is C16H18N2O3S. The molecule has 1 aromatic carbocycles. The number of hydrogen-bond donors (Lipinski definition) is 3. The maximum atomic E-state index is 12.5. The van der Waals surface area contributed by atoms with E-state index in [-0.39, 0.29) is 24.5 Å². The van der Waals surface area contributed by atoms with Crippen molar-refractivity contribution in [3.8, 4) is 0 Å². The number of carbonyl (C=O) groups excluding carboxylic acids is 1. The number of aliphatic hydroxyl groups excluding tert-OH is 1. The standard InChI is InChI=1S/C16H18N2O3S/c19-7-11-8-1-2-9(5-8)14(11)18-15(20)10-3-4-12-13(6-10)21-16(22)17-12/h3-4,6,8-9,11,14,19H,1-2,5,7H2,(H,17,22)(H,18,20)/t8-,9-,11+,14-/m0/s1. The zero-order chi connectivity index (χ0) is 15.3. The van der Waals surface area contributed by atoms with Gasteiger partial charge in [0, 0.05) is 24.1 Å². The summed E-state index contributed by atoms with van der Waals surface area (Å²) in [5.41, 5.74) is 1.93. The molecule has 3 N–H and O–H groups in total. The van der Waals surface area contributed by atoms with Crippen LogP contribution in [0.25, 0.3) is 11.1 Å². The monoisotopic (exact) mass is 318 g/mol. The van der Waals surface area contributed by atoms with Gasteiger partial charge in [0.1, 0.15) is 0 Å². The molecule has 22 heavy (non-hydrogen) atoms. The Kier molecular flexibility index (Phi) is 3.31. The van der Waals surface area contributed by atoms with Crippen molar-refractivity contribution < 1.29 is 14.3 Å². The van der Waals surface area contributed by atoms with Gasteiger partial charge in [-0.3, -0.25) is 4.79 Å². The maximum absolute atomic E-state index is 12.5. The van der Waals surface area contributed by atoms with Crippen molar-refractivity contribution in [3.63, 3.8) is 0 Å². The highest BCUT2D eigenvalue weighted by molar-refractivity contribution is 7.71. The average molecular weight is 318 g/mol. The predicted octanol–water partition coefficient (Wildman–Crippen LogP) is 2.63. The molecule has 2 fully saturated rings. The number of nitrogens with one attached hydrogen (secondary N) is 2. The number of carbonyl (C=O) groups is 1. The van der Waals surface area contributed by atoms with E-state index in [1.54, 1.807) is 18.2 Å². The first-order valence-corrected chi connectivity index (χ1v) is 8.11. The van der Waals surface area contributed by atoms with E-state index in [1.807, 2.05) is 0 Å². The van der Waals surface area contributed by atoms with Gasteiger partial charge in [-0.1, -0.05) is 0 Å². The van der Waals surface area contributed by atoms with Crippen LogP contribution >= 0.6 is 12.2 Å². The molecule has 2 aromatic rings. The summed E-state index contributed by atoms with van der Waals surface area (Å²) in [6.07, 6.45) is 3.46. The van der Waals surface area contributed by atoms with Crippen molar-refractivity contribution in [2.24, 2.45) is 17.8 Å². The number of hydrogen-bond acceptors (Lipinski definition) is 4. The van der Waals surface area contributed by atoms with E-state index in [2.05, 4.69) is 10.3 Å². The third-order valence-corrected chi connectivity index (χ3v) is 5.47. The van der Waals surface area contributed by atoms with Gasteiger partial charge in [0.25, 0.3) is 10.7 Å². The summed E-state index contributed by atoms with van der Waals surface area (Å²) in [6.45, 7) is 0.150. The number of H-pyrrole nitrogens is 1. The molecule has 0 spiro atoms. The van der Waals surface area contributed by atoms with Crippen LogP contribution in [0.4, 0.5) is 0 Å². The van der Waals surface area contributed by atoms with Crippen LogP contribution in [-0.2, 0) is 0 Å². The lowest BCUT2D eigenvalue weighted by atomic mass is 9.85. The number of aromatic amines is 1. The summed E-state index contributed by atoms with van der Waals surface area (Å²) in [4.78, 5) is 15.7. The minimum absolute atomic E-state index is 0.0876. The summed E-state index contributed by atoms with van der Waals surface area (Å²) in [5, 5.41) is 12.7. The van der Waals surface area contributed by atoms with Gasteiger partial charge in [-0.05, 0) is 61.5 Å². The molecule has 1 aromatic heterocycles. The fourth-order valence-electron chi connectivity index (χ4n) is 4.22. The summed E-state index contributed by atoms with van der Waals surface area (Å²) < 4.78 is 5.36. The van der Waals surface area contributed by atoms with Crippen molar-refractivity contribution in [2.45, 2.75) is 25.3 Å². The second-order valence-corrected chi connectivity index (χ2v) is 6.78. The first-order chi connectivity index (χ1) is 10.7. The lowest BCUT2D eigenvalue weighted by Gasteiger charge is -2.30. The van der Waals surface area contributed by atoms with E-state index in [0.717, 1.165) is 18.4 Å². The van der Waals surface area contributed by atoms with Gasteiger partial charge in [-0.2, -0.15) is 0 Å². The Morgan fingerprint density at radius 3 is 3.05 bits per heavy atom. The molecule has 1 amide bonds. The van der Waals surface area contributed by atoms with Crippen molar-refractivity contribution in [1.29, 1.82) is 0 Å². The number of aromatic nitrogens is 1. The van der Waals surface area contributed by atoms with E-state index in [9.17, 15) is 9.90 Å². The fraction of sp³-hybridized carbons (Fsp3) is 0.500. The van der Waals surface area contributed by atoms with E-state index in [1.165, 1.54) is 6.42 Å². The number of amides is 1. The number of aliphatic hydroxyl groups is 1. The minimum atomic E-state index is -0.111. The fourth-order valence-corrected chi connectivity index (χ4v) is 4.42. The summed E-state index contributed by atoms with van der Waals surface area (Å²) in [5.74, 6) is 1.15. The van der Waals surface area contributed by atoms with E-state index >= 15 is 0 Å². The SMILES string of the molecule is O=C(N[C@H]1[C@H]2CC[C@@H](C2)[C@H]1CO)c1ccc2[nH]c(=S)oc2c1. The second kappa shape index (κ2) is 5.21. The smallest absolute Gasteiger partial charge is 0.266 e. The molecule has 2 aliphatic rings. The van der Waals surface area contributed by atoms with Crippen LogP contribution in [-0.4, -0.2) is 28.6 Å². The summed E-state index contributed by atoms with van der Waals surface area (Å²) in [6, 6.07) is 5.36. The van der Waals surface area contributed by atoms with Gasteiger partial charge in [0.05, 0.1) is 5.52 Å². The Morgan fingerprint density at radius 2 is 2.23 bits per heavy atom. The maximum Gasteiger partial charge on any atom is 0.266 e. The van der Waals surface area contributed by atoms with E-state index < -0.39 is 0 Å². The Hall–Kier alpha value is -1.66. The molecular weight excluding hydrogens is 300 g/mol. The van der Waals surface area contributed by atoms with Gasteiger partial charge < -0.3 is 19.8 Å². The molecule has 2 saturated carbocycles. The molecule has 1 heterocycles. The highest BCUT2D eigenvalue weighted by atomic mass is 32.1. The van der Waals surface area contributed by atoms with Crippen LogP contribution in [0.3, 0.4) is 0 Å². The third-order valence-electron chi connectivity index (χ3n) is 5.28. The lowest BCUT2D eigenvalue weighted by Crippen LogP contribution is -2.45. The van der Waals surface area contributed by atoms with Gasteiger partial charge in [0.15, 0.2) is 5.58 Å². The molecule has 2 aliphatic carbocycles. The van der Waals surface area contributed by atoms with Crippen LogP contribution in [0, 0.1) is 22.6 Å². The molecule has 116 valence electrons. The number of oxazole rings is 1. The van der Waals surface area contributed by atoms with Crippen LogP contribution in [0.2, 0.25) is 0 Å². The molecule has 0 aliphatic heterocycles. The highest BCUT2D eigenvalue weighted by Gasteiger charge is 2.47. The molecule has 4 atom stereocenters. The van der Waals surface area contributed by atoms with Crippen LogP contribution in [0.1, 0.15) is 29.6 Å². The molecule has 0 saturated heterocycles. The van der Waals surface area contributed by atoms with Crippen molar-refractivity contribution in [3.05, 3.63) is 28.6 Å². The molecule has 2 bridgehead atoms. The van der Waals surface area contributed by atoms with Crippen molar-refractivity contribution in [1.82, 2.24) is 10.3 Å². The molecule has 5 nitrogen and oxygen atoms in total. The number of benzene rings is 1. The zero-order valence-corrected chi connectivity index (χ0v) is 12.9. The topological polar surface area (TPSA) is 78.3 Å². The quantitative estimate of drug-likeness (QED) is 0.760. The van der Waals surface area contributed by atoms with Crippen LogP contribution in [0.15, 0.2) is 22.6 Å². The van der Waals surface area contributed by atoms with Gasteiger partial charge in [-0.15, -0.1) is 0 Å². The predicted molar refractivity (Wildman–Crippen MR) is 84.1 cm³/mol. The van der Waals surface area contributed by atoms with E-state index in [0.29, 0.717) is 27.8 Å². The highest BCUT2D eigenvalue weighted by Crippen LogP contribution is 2.48. The average Bonchev–Trinajstić information content (AvgIpc) is 3.18. The van der Waals surface area contributed by atoms with Crippen LogP contribution < -0.4 is 5.32 Å². The Balaban J connectivity index is 1.56. The number of fused-ring (bicyclic) bond motifs is 3. The molecule has 0 unspecified atom stereocenters. The first-order valence-electron chi connectivity index (χ1n) is 7.70.